The van der Waals surface area contributed by atoms with E-state index >= 15 is 0 Å². The van der Waals surface area contributed by atoms with Crippen molar-refractivity contribution >= 4 is 17.6 Å². The molecule has 1 aliphatic carbocycles. The van der Waals surface area contributed by atoms with E-state index in [1.165, 1.54) is 25.0 Å². The van der Waals surface area contributed by atoms with Crippen molar-refractivity contribution in [1.29, 1.82) is 0 Å². The van der Waals surface area contributed by atoms with Gasteiger partial charge in [0, 0.05) is 19.2 Å². The molecule has 4 rings (SSSR count). The molecule has 0 spiro atoms. The predicted molar refractivity (Wildman–Crippen MR) is 107 cm³/mol. The molecule has 1 aromatic heterocycles. The second-order valence-corrected chi connectivity index (χ2v) is 8.18. The third kappa shape index (κ3) is 4.85. The molecule has 1 atom stereocenters. The Balaban J connectivity index is 1.41. The van der Waals surface area contributed by atoms with E-state index in [0.29, 0.717) is 25.1 Å². The molecule has 0 unspecified atom stereocenters. The van der Waals surface area contributed by atoms with Crippen molar-refractivity contribution in [2.45, 2.75) is 44.7 Å². The third-order valence-electron chi connectivity index (χ3n) is 5.58. The van der Waals surface area contributed by atoms with Gasteiger partial charge in [0.1, 0.15) is 11.6 Å². The minimum Gasteiger partial charge on any atom is -0.394 e. The fourth-order valence-corrected chi connectivity index (χ4v) is 3.70. The number of hydrogen-bond donors (Lipinski definition) is 2. The molecule has 2 N–H and O–H groups in total. The van der Waals surface area contributed by atoms with Crippen LogP contribution in [0, 0.1) is 11.7 Å². The normalized spacial score (nSPS) is 17.0. The van der Waals surface area contributed by atoms with Crippen LogP contribution in [0.4, 0.5) is 9.18 Å². The molecule has 29 heavy (non-hydrogen) atoms. The van der Waals surface area contributed by atoms with Crippen molar-refractivity contribution in [3.63, 3.8) is 0 Å². The molecule has 1 aromatic carbocycles. The van der Waals surface area contributed by atoms with Gasteiger partial charge in [0.05, 0.1) is 29.9 Å². The van der Waals surface area contributed by atoms with Gasteiger partial charge in [0.25, 0.3) is 0 Å². The molecule has 1 saturated carbocycles. The number of aliphatic hydroxyl groups excluding tert-OH is 1. The summed E-state index contributed by atoms with van der Waals surface area (Å²) >= 11 is 5.71. The predicted octanol–water partition coefficient (Wildman–Crippen LogP) is 3.41. The molecule has 8 heteroatoms. The van der Waals surface area contributed by atoms with E-state index in [-0.39, 0.29) is 17.7 Å². The van der Waals surface area contributed by atoms with Gasteiger partial charge in [-0.05, 0) is 42.0 Å². The smallest absolute Gasteiger partial charge is 0.318 e. The zero-order chi connectivity index (χ0) is 20.4. The van der Waals surface area contributed by atoms with Gasteiger partial charge in [0.15, 0.2) is 0 Å². The van der Waals surface area contributed by atoms with Crippen LogP contribution < -0.4 is 5.32 Å². The molecule has 2 aromatic rings. The van der Waals surface area contributed by atoms with E-state index in [1.807, 2.05) is 6.20 Å². The highest BCUT2D eigenvalue weighted by Gasteiger charge is 2.26. The number of rotatable bonds is 6. The first kappa shape index (κ1) is 20.0. The van der Waals surface area contributed by atoms with Crippen LogP contribution in [0.25, 0.3) is 0 Å². The van der Waals surface area contributed by atoms with E-state index in [9.17, 15) is 14.3 Å². The number of aliphatic hydroxyl groups is 1. The second kappa shape index (κ2) is 8.63. The summed E-state index contributed by atoms with van der Waals surface area (Å²) < 4.78 is 13.7. The molecular weight excluding hydrogens is 395 g/mol. The van der Waals surface area contributed by atoms with Crippen molar-refractivity contribution in [1.82, 2.24) is 20.2 Å². The molecule has 2 amide bonds. The summed E-state index contributed by atoms with van der Waals surface area (Å²) in [5, 5.41) is 12.5. The quantitative estimate of drug-likeness (QED) is 0.753. The van der Waals surface area contributed by atoms with Crippen molar-refractivity contribution in [3.05, 3.63) is 57.9 Å². The average molecular weight is 419 g/mol. The Labute approximate surface area is 174 Å². The maximum Gasteiger partial charge on any atom is 0.318 e. The van der Waals surface area contributed by atoms with E-state index in [0.717, 1.165) is 35.8 Å². The first-order chi connectivity index (χ1) is 14.0. The summed E-state index contributed by atoms with van der Waals surface area (Å²) in [5.74, 6) is 1.08. The first-order valence-corrected chi connectivity index (χ1v) is 10.4. The van der Waals surface area contributed by atoms with Crippen LogP contribution in [-0.4, -0.2) is 39.2 Å². The first-order valence-electron chi connectivity index (χ1n) is 9.98. The Kier molecular flexibility index (Phi) is 5.96. The largest absolute Gasteiger partial charge is 0.394 e. The summed E-state index contributed by atoms with van der Waals surface area (Å²) in [5.41, 5.74) is 2.41. The summed E-state index contributed by atoms with van der Waals surface area (Å²) in [4.78, 5) is 23.6. The van der Waals surface area contributed by atoms with Gasteiger partial charge < -0.3 is 15.3 Å². The number of halogens is 2. The maximum atomic E-state index is 13.7. The number of amides is 2. The topological polar surface area (TPSA) is 78.4 Å². The molecule has 2 aliphatic rings. The summed E-state index contributed by atoms with van der Waals surface area (Å²) in [6.07, 6.45) is 7.18. The van der Waals surface area contributed by atoms with Crippen molar-refractivity contribution in [3.8, 4) is 0 Å². The Hall–Kier alpha value is -2.25. The Bertz CT molecular complexity index is 906. The van der Waals surface area contributed by atoms with E-state index < -0.39 is 11.9 Å². The lowest BCUT2D eigenvalue weighted by Gasteiger charge is -2.30. The zero-order valence-electron chi connectivity index (χ0n) is 16.1. The molecule has 6 nitrogen and oxygen atoms in total. The number of aryl methyl sites for hydroxylation is 1. The van der Waals surface area contributed by atoms with Crippen molar-refractivity contribution < 1.29 is 14.3 Å². The molecule has 2 heterocycles. The summed E-state index contributed by atoms with van der Waals surface area (Å²) in [6.45, 7) is 0.592. The van der Waals surface area contributed by atoms with Crippen LogP contribution in [0.15, 0.2) is 24.4 Å². The third-order valence-corrected chi connectivity index (χ3v) is 5.89. The van der Waals surface area contributed by atoms with Gasteiger partial charge in [-0.2, -0.15) is 0 Å². The van der Waals surface area contributed by atoms with Crippen LogP contribution in [0.3, 0.4) is 0 Å². The number of hydrogen-bond acceptors (Lipinski definition) is 4. The van der Waals surface area contributed by atoms with Gasteiger partial charge in [0.2, 0.25) is 0 Å². The minimum atomic E-state index is -0.713. The van der Waals surface area contributed by atoms with Crippen LogP contribution in [-0.2, 0) is 19.4 Å². The number of benzene rings is 1. The van der Waals surface area contributed by atoms with Gasteiger partial charge >= 0.3 is 6.03 Å². The highest BCUT2D eigenvalue weighted by molar-refractivity contribution is 6.30. The Morgan fingerprint density at radius 3 is 2.97 bits per heavy atom. The highest BCUT2D eigenvalue weighted by Crippen LogP contribution is 2.33. The second-order valence-electron chi connectivity index (χ2n) is 7.77. The zero-order valence-corrected chi connectivity index (χ0v) is 16.8. The lowest BCUT2D eigenvalue weighted by Crippen LogP contribution is -2.45. The molecule has 154 valence electrons. The summed E-state index contributed by atoms with van der Waals surface area (Å²) in [7, 11) is 0. The molecule has 0 bridgehead atoms. The van der Waals surface area contributed by atoms with Gasteiger partial charge in [-0.1, -0.05) is 30.5 Å². The monoisotopic (exact) mass is 418 g/mol. The number of fused-ring (bicyclic) bond motifs is 1. The maximum absolute atomic E-state index is 13.7. The number of carbonyl (C=O) groups is 1. The minimum absolute atomic E-state index is 0.00146. The lowest BCUT2D eigenvalue weighted by atomic mass is 10.1. The summed E-state index contributed by atoms with van der Waals surface area (Å²) in [6, 6.07) is 3.21. The van der Waals surface area contributed by atoms with Crippen molar-refractivity contribution in [2.24, 2.45) is 5.92 Å². The van der Waals surface area contributed by atoms with Crippen LogP contribution >= 0.6 is 11.6 Å². The van der Waals surface area contributed by atoms with Crippen LogP contribution in [0.5, 0.6) is 0 Å². The SMILES string of the molecule is O=C(N[C@H](CO)c1ccc(Cl)c(F)c1)N1CCc2cnc(CCC3CC3)nc2C1. The van der Waals surface area contributed by atoms with Crippen LogP contribution in [0.2, 0.25) is 5.02 Å². The Morgan fingerprint density at radius 2 is 2.24 bits per heavy atom. The number of nitrogens with one attached hydrogen (secondary N) is 1. The molecule has 1 aliphatic heterocycles. The number of nitrogens with zero attached hydrogens (tertiary/aromatic N) is 3. The van der Waals surface area contributed by atoms with Crippen LogP contribution in [0.1, 0.15) is 47.9 Å². The van der Waals surface area contributed by atoms with Gasteiger partial charge in [-0.25, -0.2) is 19.2 Å². The van der Waals surface area contributed by atoms with Gasteiger partial charge in [-0.15, -0.1) is 0 Å². The van der Waals surface area contributed by atoms with E-state index in [2.05, 4.69) is 15.3 Å². The fraction of sp³-hybridized carbons (Fsp3) is 0.476. The highest BCUT2D eigenvalue weighted by atomic mass is 35.5. The molecular formula is C21H24ClFN4O2. The molecule has 1 fully saturated rings. The number of carbonyl (C=O) groups excluding carboxylic acids is 1. The average Bonchev–Trinajstić information content (AvgIpc) is 3.56. The Morgan fingerprint density at radius 1 is 1.41 bits per heavy atom. The standard InChI is InChI=1S/C21H24ClFN4O2/c22-16-5-4-14(9-17(16)23)19(12-28)26-21(29)27-8-7-15-10-24-20(25-18(15)11-27)6-3-13-1-2-13/h4-5,9-10,13,19,28H,1-3,6-8,11-12H2,(H,26,29)/t19-/m1/s1. The number of urea groups is 1. The molecule has 0 radical (unpaired) electrons. The molecule has 0 saturated heterocycles. The van der Waals surface area contributed by atoms with E-state index in [1.54, 1.807) is 11.0 Å². The fourth-order valence-electron chi connectivity index (χ4n) is 3.58. The van der Waals surface area contributed by atoms with Gasteiger partial charge in [-0.3, -0.25) is 0 Å². The van der Waals surface area contributed by atoms with E-state index in [4.69, 9.17) is 11.6 Å². The van der Waals surface area contributed by atoms with Crippen molar-refractivity contribution in [2.75, 3.05) is 13.2 Å². The number of aromatic nitrogens is 2. The lowest BCUT2D eigenvalue weighted by molar-refractivity contribution is 0.176.